The Morgan fingerprint density at radius 1 is 0.187 bits per heavy atom. The van der Waals surface area contributed by atoms with Crippen molar-refractivity contribution in [2.75, 3.05) is 0 Å². The van der Waals surface area contributed by atoms with Gasteiger partial charge in [0, 0.05) is 11.1 Å². The van der Waals surface area contributed by atoms with Crippen molar-refractivity contribution in [3.8, 4) is 59.2 Å². The van der Waals surface area contributed by atoms with E-state index in [0.717, 1.165) is 11.1 Å². The zero-order valence-electron chi connectivity index (χ0n) is 51.3. The van der Waals surface area contributed by atoms with Crippen LogP contribution in [0.15, 0.2) is 182 Å². The van der Waals surface area contributed by atoms with Gasteiger partial charge in [0.05, 0.1) is 0 Å². The number of hydrogen-bond donors (Lipinski definition) is 0. The maximum absolute atomic E-state index is 2.96. The van der Waals surface area contributed by atoms with Gasteiger partial charge in [0.25, 0.3) is 0 Å². The van der Waals surface area contributed by atoms with Crippen molar-refractivity contribution >= 4 is 0 Å². The summed E-state index contributed by atoms with van der Waals surface area (Å²) in [6.07, 6.45) is 0. The molecule has 420 valence electrons. The first-order valence-corrected chi connectivity index (χ1v) is 26.2. The number of rotatable bonds is 0. The molecule has 0 heteroatoms. The van der Waals surface area contributed by atoms with Crippen LogP contribution < -0.4 is 0 Å². The largest absolute Gasteiger partial charge is 0.107 e. The fraction of sp³-hybridized carbons (Fsp3) is 0.387. The Morgan fingerprint density at radius 2 is 0.307 bits per heavy atom. The summed E-state index contributed by atoms with van der Waals surface area (Å²) in [5.41, 5.74) is 7.45. The predicted molar refractivity (Wildman–Crippen MR) is 360 cm³/mol. The standard InChI is InChI=1S/2C9H8.4C7H8.3C4H6.7C2H6.3CH4/c2*1-2-6-9-7-4-3-5-8-9;4*1-7-5-3-2-4-6-7;3*1-3-4-2;7*1-2;;;/h2*3-5,7-8H,1H3;4*2-6H,1H3;3*1-2H3;7*1-2H3;3*1H4. The molecule has 0 aliphatic rings. The van der Waals surface area contributed by atoms with Gasteiger partial charge in [-0.3, -0.25) is 0 Å². The van der Waals surface area contributed by atoms with Crippen LogP contribution in [0.25, 0.3) is 0 Å². The third-order valence-corrected chi connectivity index (χ3v) is 6.60. The number of hydrogen-bond acceptors (Lipinski definition) is 0. The van der Waals surface area contributed by atoms with Crippen LogP contribution >= 0.6 is 0 Å². The third-order valence-electron chi connectivity index (χ3n) is 6.60. The van der Waals surface area contributed by atoms with Crippen molar-refractivity contribution < 1.29 is 0 Å². The summed E-state index contributed by atoms with van der Waals surface area (Å²) in [6.45, 7) is 50.9. The highest BCUT2D eigenvalue weighted by molar-refractivity contribution is 5.33. The number of benzene rings is 6. The summed E-state index contributed by atoms with van der Waals surface area (Å²) < 4.78 is 0. The lowest BCUT2D eigenvalue weighted by Crippen LogP contribution is -1.67. The Kier molecular flexibility index (Phi) is 151. The van der Waals surface area contributed by atoms with Crippen LogP contribution in [0.4, 0.5) is 0 Å². The lowest BCUT2D eigenvalue weighted by molar-refractivity contribution is 1.48. The van der Waals surface area contributed by atoms with Gasteiger partial charge < -0.3 is 0 Å². The monoisotopic (exact) mass is 1020 g/mol. The minimum absolute atomic E-state index is 0. The van der Waals surface area contributed by atoms with Crippen LogP contribution in [0.3, 0.4) is 0 Å². The van der Waals surface area contributed by atoms with E-state index in [9.17, 15) is 0 Å². The summed E-state index contributed by atoms with van der Waals surface area (Å²) in [7, 11) is 0. The molecule has 0 spiro atoms. The van der Waals surface area contributed by atoms with Gasteiger partial charge in [0.1, 0.15) is 0 Å². The average molecular weight is 1020 g/mol. The van der Waals surface area contributed by atoms with E-state index in [4.69, 9.17) is 0 Å². The second kappa shape index (κ2) is 112. The summed E-state index contributed by atoms with van der Waals surface area (Å²) in [5.74, 6) is 27.7. The topological polar surface area (TPSA) is 0 Å². The van der Waals surface area contributed by atoms with Crippen LogP contribution in [0.5, 0.6) is 0 Å². The van der Waals surface area contributed by atoms with Gasteiger partial charge in [-0.15, -0.1) is 47.4 Å². The smallest absolute Gasteiger partial charge is 0.0245 e. The van der Waals surface area contributed by atoms with Crippen LogP contribution in [0, 0.1) is 86.9 Å². The minimum Gasteiger partial charge on any atom is -0.107 e. The molecule has 0 heterocycles. The van der Waals surface area contributed by atoms with Crippen molar-refractivity contribution in [1.29, 1.82) is 0 Å². The highest BCUT2D eigenvalue weighted by Gasteiger charge is 1.79. The Morgan fingerprint density at radius 3 is 0.387 bits per heavy atom. The van der Waals surface area contributed by atoms with E-state index in [2.05, 4.69) is 135 Å². The molecule has 0 amide bonds. The molecule has 0 aliphatic carbocycles. The van der Waals surface area contributed by atoms with Gasteiger partial charge in [0.2, 0.25) is 0 Å². The molecule has 6 rings (SSSR count). The maximum Gasteiger partial charge on any atom is 0.0245 e. The van der Waals surface area contributed by atoms with E-state index in [1.807, 2.05) is 286 Å². The van der Waals surface area contributed by atoms with Crippen molar-refractivity contribution in [3.63, 3.8) is 0 Å². The molecule has 75 heavy (non-hydrogen) atoms. The molecule has 0 N–H and O–H groups in total. The van der Waals surface area contributed by atoms with Gasteiger partial charge in [-0.2, -0.15) is 0 Å². The van der Waals surface area contributed by atoms with E-state index in [1.54, 1.807) is 0 Å². The van der Waals surface area contributed by atoms with Gasteiger partial charge in [-0.25, -0.2) is 0 Å². The van der Waals surface area contributed by atoms with Crippen molar-refractivity contribution in [2.45, 2.75) is 202 Å². The zero-order valence-corrected chi connectivity index (χ0v) is 51.3. The molecule has 6 aromatic carbocycles. The Balaban J connectivity index is -0.0000000511. The molecule has 6 aromatic rings. The molecule has 0 nitrogen and oxygen atoms in total. The van der Waals surface area contributed by atoms with Gasteiger partial charge in [0.15, 0.2) is 0 Å². The molecule has 0 fully saturated rings. The Hall–Kier alpha value is -6.88. The first-order chi connectivity index (χ1) is 35.2. The summed E-state index contributed by atoms with van der Waals surface area (Å²) in [4.78, 5) is 0. The summed E-state index contributed by atoms with van der Waals surface area (Å²) in [6, 6.07) is 60.9. The van der Waals surface area contributed by atoms with E-state index in [-0.39, 0.29) is 22.3 Å². The first-order valence-electron chi connectivity index (χ1n) is 26.2. The lowest BCUT2D eigenvalue weighted by Gasteiger charge is -1.83. The Labute approximate surface area is 474 Å². The lowest BCUT2D eigenvalue weighted by atomic mass is 10.2. The molecule has 0 saturated carbocycles. The molecule has 0 atom stereocenters. The third kappa shape index (κ3) is 113. The molecule has 0 aromatic heterocycles. The fourth-order valence-electron chi connectivity index (χ4n) is 3.47. The molecule has 0 saturated heterocycles. The highest BCUT2D eigenvalue weighted by atomic mass is 13.8. The minimum atomic E-state index is 0. The van der Waals surface area contributed by atoms with E-state index in [0.29, 0.717) is 0 Å². The second-order valence-corrected chi connectivity index (χ2v) is 11.6. The number of aryl methyl sites for hydroxylation is 4. The van der Waals surface area contributed by atoms with Crippen LogP contribution in [0.1, 0.15) is 208 Å². The SMILES string of the molecule is C.C.C.CC.CC.CC.CC.CC.CC.CC.CC#CC.CC#CC.CC#CC.CC#Cc1ccccc1.CC#Cc1ccccc1.Cc1ccccc1.Cc1ccccc1.Cc1ccccc1.Cc1ccccc1. The molecule has 0 radical (unpaired) electrons. The average Bonchev–Trinajstić information content (AvgIpc) is 3.47. The first kappa shape index (κ1) is 101. The molecule has 0 bridgehead atoms. The second-order valence-electron chi connectivity index (χ2n) is 11.6. The van der Waals surface area contributed by atoms with Crippen LogP contribution in [-0.4, -0.2) is 0 Å². The normalized spacial score (nSPS) is 6.21. The maximum atomic E-state index is 2.96. The quantitative estimate of drug-likeness (QED) is 0.133. The van der Waals surface area contributed by atoms with E-state index in [1.165, 1.54) is 22.3 Å². The van der Waals surface area contributed by atoms with Gasteiger partial charge in [-0.05, 0) is 107 Å². The van der Waals surface area contributed by atoms with Gasteiger partial charge in [-0.1, -0.05) is 311 Å². The van der Waals surface area contributed by atoms with Crippen molar-refractivity contribution in [1.82, 2.24) is 0 Å². The zero-order chi connectivity index (χ0) is 57.7. The highest BCUT2D eigenvalue weighted by Crippen LogP contribution is 1.96. The van der Waals surface area contributed by atoms with E-state index < -0.39 is 0 Å². The Bertz CT molecular complexity index is 1790. The predicted octanol–water partition coefficient (Wildman–Crippen LogP) is 24.3. The van der Waals surface area contributed by atoms with Crippen molar-refractivity contribution in [3.05, 3.63) is 215 Å². The van der Waals surface area contributed by atoms with E-state index >= 15 is 0 Å². The molecular formula is C75H120. The summed E-state index contributed by atoms with van der Waals surface area (Å²) >= 11 is 0. The molecular weight excluding hydrogens is 901 g/mol. The fourth-order valence-corrected chi connectivity index (χ4v) is 3.47. The van der Waals surface area contributed by atoms with Crippen LogP contribution in [0.2, 0.25) is 0 Å². The van der Waals surface area contributed by atoms with Crippen LogP contribution in [-0.2, 0) is 0 Å². The molecule has 0 unspecified atom stereocenters. The van der Waals surface area contributed by atoms with Crippen molar-refractivity contribution in [2.24, 2.45) is 0 Å². The molecule has 0 aliphatic heterocycles. The summed E-state index contributed by atoms with van der Waals surface area (Å²) in [5, 5.41) is 0. The van der Waals surface area contributed by atoms with Gasteiger partial charge >= 0.3 is 0 Å².